The van der Waals surface area contributed by atoms with Crippen molar-refractivity contribution in [3.8, 4) is 5.75 Å². The van der Waals surface area contributed by atoms with Crippen molar-refractivity contribution in [2.24, 2.45) is 0 Å². The third kappa shape index (κ3) is 2.99. The Morgan fingerprint density at radius 2 is 2.22 bits per heavy atom. The van der Waals surface area contributed by atoms with Crippen molar-refractivity contribution in [2.45, 2.75) is 38.6 Å². The van der Waals surface area contributed by atoms with Gasteiger partial charge < -0.3 is 5.11 Å². The SMILES string of the molecule is CCCN(CCCl)C1CCc2c(O)cccc2C1. The van der Waals surface area contributed by atoms with Gasteiger partial charge in [0.1, 0.15) is 5.75 Å². The van der Waals surface area contributed by atoms with Crippen LogP contribution in [0.25, 0.3) is 0 Å². The highest BCUT2D eigenvalue weighted by Crippen LogP contribution is 2.30. The quantitative estimate of drug-likeness (QED) is 0.829. The van der Waals surface area contributed by atoms with Gasteiger partial charge in [-0.3, -0.25) is 4.90 Å². The normalized spacial score (nSPS) is 18.9. The van der Waals surface area contributed by atoms with Crippen LogP contribution in [0.5, 0.6) is 5.75 Å². The number of halogens is 1. The Bertz CT molecular complexity index is 388. The van der Waals surface area contributed by atoms with E-state index >= 15 is 0 Å². The number of alkyl halides is 1. The molecule has 1 aliphatic carbocycles. The van der Waals surface area contributed by atoms with E-state index in [9.17, 15) is 5.11 Å². The molecule has 0 saturated heterocycles. The molecule has 2 rings (SSSR count). The van der Waals surface area contributed by atoms with Crippen molar-refractivity contribution < 1.29 is 5.11 Å². The maximum absolute atomic E-state index is 9.85. The van der Waals surface area contributed by atoms with Gasteiger partial charge in [-0.15, -0.1) is 11.6 Å². The summed E-state index contributed by atoms with van der Waals surface area (Å²) in [4.78, 5) is 2.50. The highest BCUT2D eigenvalue weighted by Gasteiger charge is 2.24. The van der Waals surface area contributed by atoms with Crippen molar-refractivity contribution in [2.75, 3.05) is 19.0 Å². The standard InChI is InChI=1S/C15H22ClNO/c1-2-9-17(10-8-16)13-6-7-14-12(11-13)4-3-5-15(14)18/h3-5,13,18H,2,6-11H2,1H3. The van der Waals surface area contributed by atoms with Gasteiger partial charge in [-0.25, -0.2) is 0 Å². The Balaban J connectivity index is 2.10. The summed E-state index contributed by atoms with van der Waals surface area (Å²) in [5.41, 5.74) is 2.46. The van der Waals surface area contributed by atoms with Gasteiger partial charge in [0.05, 0.1) is 0 Å². The number of aromatic hydroxyl groups is 1. The molecule has 1 aromatic carbocycles. The summed E-state index contributed by atoms with van der Waals surface area (Å²) in [6, 6.07) is 6.47. The van der Waals surface area contributed by atoms with Crippen LogP contribution in [-0.2, 0) is 12.8 Å². The van der Waals surface area contributed by atoms with Crippen LogP contribution in [0.15, 0.2) is 18.2 Å². The molecule has 0 fully saturated rings. The van der Waals surface area contributed by atoms with E-state index in [0.717, 1.165) is 37.9 Å². The Labute approximate surface area is 115 Å². The zero-order chi connectivity index (χ0) is 13.0. The molecule has 1 N–H and O–H groups in total. The molecule has 100 valence electrons. The molecule has 1 atom stereocenters. The summed E-state index contributed by atoms with van der Waals surface area (Å²) in [5.74, 6) is 1.16. The number of benzene rings is 1. The minimum atomic E-state index is 0.463. The molecular weight excluding hydrogens is 246 g/mol. The number of nitrogens with zero attached hydrogens (tertiary/aromatic N) is 1. The second-order valence-corrected chi connectivity index (χ2v) is 5.41. The van der Waals surface area contributed by atoms with E-state index in [1.54, 1.807) is 6.07 Å². The fourth-order valence-electron chi connectivity index (χ4n) is 2.95. The second-order valence-electron chi connectivity index (χ2n) is 5.04. The van der Waals surface area contributed by atoms with Crippen LogP contribution >= 0.6 is 11.6 Å². The predicted molar refractivity (Wildman–Crippen MR) is 76.5 cm³/mol. The minimum absolute atomic E-state index is 0.463. The van der Waals surface area contributed by atoms with Crippen molar-refractivity contribution in [3.63, 3.8) is 0 Å². The zero-order valence-corrected chi connectivity index (χ0v) is 11.8. The summed E-state index contributed by atoms with van der Waals surface area (Å²) in [5, 5.41) is 9.85. The average molecular weight is 268 g/mol. The molecule has 0 amide bonds. The monoisotopic (exact) mass is 267 g/mol. The molecular formula is C15H22ClNO. The summed E-state index contributed by atoms with van der Waals surface area (Å²) in [6.45, 7) is 4.30. The van der Waals surface area contributed by atoms with Crippen molar-refractivity contribution in [3.05, 3.63) is 29.3 Å². The third-order valence-electron chi connectivity index (χ3n) is 3.83. The molecule has 0 aromatic heterocycles. The number of fused-ring (bicyclic) bond motifs is 1. The van der Waals surface area contributed by atoms with Gasteiger partial charge in [-0.1, -0.05) is 19.1 Å². The van der Waals surface area contributed by atoms with Gasteiger partial charge in [0.2, 0.25) is 0 Å². The summed E-state index contributed by atoms with van der Waals surface area (Å²) >= 11 is 5.90. The first-order valence-corrected chi connectivity index (χ1v) is 7.39. The number of phenols is 1. The molecule has 1 aromatic rings. The lowest BCUT2D eigenvalue weighted by atomic mass is 9.87. The van der Waals surface area contributed by atoms with Gasteiger partial charge in [0.15, 0.2) is 0 Å². The number of hydrogen-bond donors (Lipinski definition) is 1. The topological polar surface area (TPSA) is 23.5 Å². The van der Waals surface area contributed by atoms with E-state index in [0.29, 0.717) is 17.7 Å². The van der Waals surface area contributed by atoms with Crippen LogP contribution < -0.4 is 0 Å². The smallest absolute Gasteiger partial charge is 0.119 e. The fraction of sp³-hybridized carbons (Fsp3) is 0.600. The van der Waals surface area contributed by atoms with E-state index in [1.165, 1.54) is 12.0 Å². The van der Waals surface area contributed by atoms with Crippen LogP contribution in [0.2, 0.25) is 0 Å². The molecule has 0 spiro atoms. The second kappa shape index (κ2) is 6.44. The maximum atomic E-state index is 9.85. The van der Waals surface area contributed by atoms with Crippen molar-refractivity contribution >= 4 is 11.6 Å². The molecule has 18 heavy (non-hydrogen) atoms. The van der Waals surface area contributed by atoms with Crippen LogP contribution in [0.3, 0.4) is 0 Å². The molecule has 1 unspecified atom stereocenters. The molecule has 0 heterocycles. The number of phenolic OH excluding ortho intramolecular Hbond substituents is 1. The third-order valence-corrected chi connectivity index (χ3v) is 4.00. The Morgan fingerprint density at radius 3 is 2.94 bits per heavy atom. The molecule has 0 saturated carbocycles. The fourth-order valence-corrected chi connectivity index (χ4v) is 3.17. The summed E-state index contributed by atoms with van der Waals surface area (Å²) < 4.78 is 0. The Morgan fingerprint density at radius 1 is 1.39 bits per heavy atom. The van der Waals surface area contributed by atoms with Crippen molar-refractivity contribution in [1.29, 1.82) is 0 Å². The van der Waals surface area contributed by atoms with Gasteiger partial charge in [-0.05, 0) is 49.4 Å². The number of rotatable bonds is 5. The van der Waals surface area contributed by atoms with E-state index in [2.05, 4.69) is 17.9 Å². The molecule has 2 nitrogen and oxygen atoms in total. The first-order chi connectivity index (χ1) is 8.76. The van der Waals surface area contributed by atoms with Gasteiger partial charge in [0.25, 0.3) is 0 Å². The van der Waals surface area contributed by atoms with Gasteiger partial charge >= 0.3 is 0 Å². The summed E-state index contributed by atoms with van der Waals surface area (Å²) in [7, 11) is 0. The molecule has 0 aliphatic heterocycles. The highest BCUT2D eigenvalue weighted by atomic mass is 35.5. The summed E-state index contributed by atoms with van der Waals surface area (Å²) in [6.07, 6.45) is 4.32. The van der Waals surface area contributed by atoms with Gasteiger partial charge in [-0.2, -0.15) is 0 Å². The molecule has 3 heteroatoms. The van der Waals surface area contributed by atoms with Crippen LogP contribution in [-0.4, -0.2) is 35.0 Å². The lowest BCUT2D eigenvalue weighted by Gasteiger charge is -2.34. The zero-order valence-electron chi connectivity index (χ0n) is 11.0. The van der Waals surface area contributed by atoms with E-state index in [4.69, 9.17) is 11.6 Å². The Kier molecular flexibility index (Phi) is 4.90. The lowest BCUT2D eigenvalue weighted by Crippen LogP contribution is -2.41. The first-order valence-electron chi connectivity index (χ1n) is 6.86. The average Bonchev–Trinajstić information content (AvgIpc) is 2.38. The number of hydrogen-bond acceptors (Lipinski definition) is 2. The van der Waals surface area contributed by atoms with Gasteiger partial charge in [0, 0.05) is 18.5 Å². The first kappa shape index (κ1) is 13.7. The molecule has 1 aliphatic rings. The highest BCUT2D eigenvalue weighted by molar-refractivity contribution is 6.18. The van der Waals surface area contributed by atoms with Crippen LogP contribution in [0.1, 0.15) is 30.9 Å². The minimum Gasteiger partial charge on any atom is -0.508 e. The largest absolute Gasteiger partial charge is 0.508 e. The van der Waals surface area contributed by atoms with Crippen molar-refractivity contribution in [1.82, 2.24) is 4.90 Å². The van der Waals surface area contributed by atoms with Crippen LogP contribution in [0.4, 0.5) is 0 Å². The molecule has 0 bridgehead atoms. The Hall–Kier alpha value is -0.730. The lowest BCUT2D eigenvalue weighted by molar-refractivity contribution is 0.189. The van der Waals surface area contributed by atoms with E-state index < -0.39 is 0 Å². The predicted octanol–water partition coefficient (Wildman–Crippen LogP) is 3.20. The maximum Gasteiger partial charge on any atom is 0.119 e. The molecule has 0 radical (unpaired) electrons. The van der Waals surface area contributed by atoms with Crippen LogP contribution in [0, 0.1) is 0 Å². The van der Waals surface area contributed by atoms with E-state index in [-0.39, 0.29) is 0 Å². The van der Waals surface area contributed by atoms with E-state index in [1.807, 2.05) is 6.07 Å².